The monoisotopic (exact) mass is 153 g/mol. The average molecular weight is 153 g/mol. The molecule has 0 spiro atoms. The summed E-state index contributed by atoms with van der Waals surface area (Å²) in [7, 11) is 0. The van der Waals surface area contributed by atoms with Gasteiger partial charge in [-0.3, -0.25) is 0 Å². The topological polar surface area (TPSA) is 6.48 Å². The average Bonchev–Trinajstić information content (AvgIpc) is 2.58. The van der Waals surface area contributed by atoms with Crippen molar-refractivity contribution in [3.63, 3.8) is 0 Å². The number of hydrazine groups is 1. The van der Waals surface area contributed by atoms with E-state index in [1.54, 1.807) is 0 Å². The van der Waals surface area contributed by atoms with Crippen molar-refractivity contribution in [2.45, 2.75) is 25.7 Å². The van der Waals surface area contributed by atoms with Crippen LogP contribution in [0.3, 0.4) is 0 Å². The highest BCUT2D eigenvalue weighted by Gasteiger charge is 2.20. The van der Waals surface area contributed by atoms with E-state index in [9.17, 15) is 0 Å². The molecule has 2 heteroatoms. The van der Waals surface area contributed by atoms with Gasteiger partial charge in [-0.25, -0.2) is 10.0 Å². The quantitative estimate of drug-likeness (QED) is 0.560. The predicted molar refractivity (Wildman–Crippen MR) is 45.9 cm³/mol. The first-order valence-electron chi connectivity index (χ1n) is 4.78. The summed E-state index contributed by atoms with van der Waals surface area (Å²) in [6.07, 6.45) is 7.91. The Morgan fingerprint density at radius 1 is 0.818 bits per heavy atom. The summed E-state index contributed by atoms with van der Waals surface area (Å²) in [5.41, 5.74) is 0. The van der Waals surface area contributed by atoms with E-state index in [0.717, 1.165) is 0 Å². The third-order valence-electron chi connectivity index (χ3n) is 2.66. The molecule has 0 unspecified atom stereocenters. The molecule has 2 saturated heterocycles. The van der Waals surface area contributed by atoms with Gasteiger partial charge in [0.1, 0.15) is 0 Å². The zero-order valence-electron chi connectivity index (χ0n) is 7.13. The summed E-state index contributed by atoms with van der Waals surface area (Å²) in [4.78, 5) is 0. The predicted octanol–water partition coefficient (Wildman–Crippen LogP) is 1.30. The second kappa shape index (κ2) is 3.55. The van der Waals surface area contributed by atoms with Gasteiger partial charge < -0.3 is 0 Å². The maximum atomic E-state index is 2.53. The molecule has 0 aromatic heterocycles. The minimum absolute atomic E-state index is 1.19. The molecular weight excluding hydrogens is 136 g/mol. The van der Waals surface area contributed by atoms with Gasteiger partial charge in [-0.15, -0.1) is 0 Å². The lowest BCUT2D eigenvalue weighted by Crippen LogP contribution is -2.43. The molecule has 0 aromatic rings. The normalized spacial score (nSPS) is 29.5. The van der Waals surface area contributed by atoms with Gasteiger partial charge in [-0.05, 0) is 25.7 Å². The third kappa shape index (κ3) is 1.74. The summed E-state index contributed by atoms with van der Waals surface area (Å²) in [6.45, 7) is 5.06. The second-order valence-corrected chi connectivity index (χ2v) is 3.50. The number of piperidine rings is 1. The first-order chi connectivity index (χ1) is 5.47. The number of nitrogens with zero attached hydrogens (tertiary/aromatic N) is 2. The molecule has 2 heterocycles. The fourth-order valence-corrected chi connectivity index (χ4v) is 1.99. The van der Waals surface area contributed by atoms with Crippen molar-refractivity contribution in [2.24, 2.45) is 0 Å². The van der Waals surface area contributed by atoms with Crippen LogP contribution in [-0.4, -0.2) is 36.2 Å². The number of hydrogen-bond acceptors (Lipinski definition) is 2. The van der Waals surface area contributed by atoms with Crippen LogP contribution in [0.4, 0.5) is 0 Å². The SMILES string of the molecule is [CH]1CCN(N2CCCCC2)C1. The Kier molecular flexibility index (Phi) is 2.44. The minimum Gasteiger partial charge on any atom is -0.242 e. The molecular formula is C9H17N2. The molecule has 0 bridgehead atoms. The van der Waals surface area contributed by atoms with Gasteiger partial charge in [-0.2, -0.15) is 0 Å². The van der Waals surface area contributed by atoms with Crippen LogP contribution in [0, 0.1) is 6.42 Å². The van der Waals surface area contributed by atoms with Gasteiger partial charge in [0.15, 0.2) is 0 Å². The van der Waals surface area contributed by atoms with E-state index < -0.39 is 0 Å². The Hall–Kier alpha value is -0.0800. The summed E-state index contributed by atoms with van der Waals surface area (Å²) < 4.78 is 0. The molecule has 0 N–H and O–H groups in total. The van der Waals surface area contributed by atoms with E-state index in [-0.39, 0.29) is 0 Å². The van der Waals surface area contributed by atoms with Crippen LogP contribution in [0.1, 0.15) is 25.7 Å². The Labute approximate surface area is 69.1 Å². The van der Waals surface area contributed by atoms with E-state index in [1.165, 1.54) is 51.9 Å². The Balaban J connectivity index is 1.82. The van der Waals surface area contributed by atoms with Crippen LogP contribution in [-0.2, 0) is 0 Å². The molecule has 2 rings (SSSR count). The largest absolute Gasteiger partial charge is 0.242 e. The number of rotatable bonds is 1. The highest BCUT2D eigenvalue weighted by atomic mass is 15.6. The van der Waals surface area contributed by atoms with Crippen molar-refractivity contribution < 1.29 is 0 Å². The highest BCUT2D eigenvalue weighted by molar-refractivity contribution is 4.80. The van der Waals surface area contributed by atoms with Crippen LogP contribution in [0.25, 0.3) is 0 Å². The molecule has 1 radical (unpaired) electrons. The smallest absolute Gasteiger partial charge is 0.0165 e. The van der Waals surface area contributed by atoms with E-state index in [4.69, 9.17) is 0 Å². The van der Waals surface area contributed by atoms with Gasteiger partial charge in [-0.1, -0.05) is 6.42 Å². The van der Waals surface area contributed by atoms with Gasteiger partial charge in [0.2, 0.25) is 0 Å². The van der Waals surface area contributed by atoms with Crippen LogP contribution < -0.4 is 0 Å². The Morgan fingerprint density at radius 3 is 2.27 bits per heavy atom. The lowest BCUT2D eigenvalue weighted by Gasteiger charge is -2.34. The molecule has 0 aliphatic carbocycles. The van der Waals surface area contributed by atoms with Crippen molar-refractivity contribution in [1.82, 2.24) is 10.0 Å². The van der Waals surface area contributed by atoms with Crippen molar-refractivity contribution in [3.8, 4) is 0 Å². The molecule has 0 aromatic carbocycles. The summed E-state index contributed by atoms with van der Waals surface area (Å²) >= 11 is 0. The Bertz CT molecular complexity index is 113. The molecule has 11 heavy (non-hydrogen) atoms. The first-order valence-corrected chi connectivity index (χ1v) is 4.78. The van der Waals surface area contributed by atoms with E-state index in [1.807, 2.05) is 0 Å². The summed E-state index contributed by atoms with van der Waals surface area (Å²) in [5, 5.41) is 5.03. The van der Waals surface area contributed by atoms with Crippen molar-refractivity contribution >= 4 is 0 Å². The van der Waals surface area contributed by atoms with Gasteiger partial charge in [0.05, 0.1) is 0 Å². The molecule has 0 amide bonds. The van der Waals surface area contributed by atoms with Crippen LogP contribution >= 0.6 is 0 Å². The van der Waals surface area contributed by atoms with Gasteiger partial charge in [0.25, 0.3) is 0 Å². The highest BCUT2D eigenvalue weighted by Crippen LogP contribution is 2.15. The zero-order valence-corrected chi connectivity index (χ0v) is 7.13. The van der Waals surface area contributed by atoms with Crippen LogP contribution in [0.15, 0.2) is 0 Å². The van der Waals surface area contributed by atoms with E-state index in [2.05, 4.69) is 16.4 Å². The van der Waals surface area contributed by atoms with E-state index in [0.29, 0.717) is 0 Å². The first kappa shape index (κ1) is 7.56. The van der Waals surface area contributed by atoms with Crippen molar-refractivity contribution in [3.05, 3.63) is 6.42 Å². The second-order valence-electron chi connectivity index (χ2n) is 3.50. The molecule has 0 saturated carbocycles. The Morgan fingerprint density at radius 2 is 1.64 bits per heavy atom. The van der Waals surface area contributed by atoms with Crippen LogP contribution in [0.5, 0.6) is 0 Å². The molecule has 2 fully saturated rings. The third-order valence-corrected chi connectivity index (χ3v) is 2.66. The van der Waals surface area contributed by atoms with Gasteiger partial charge in [0, 0.05) is 26.2 Å². The van der Waals surface area contributed by atoms with Crippen LogP contribution in [0.2, 0.25) is 0 Å². The maximum absolute atomic E-state index is 2.53. The molecule has 63 valence electrons. The molecule has 2 nitrogen and oxygen atoms in total. The van der Waals surface area contributed by atoms with Gasteiger partial charge >= 0.3 is 0 Å². The molecule has 0 atom stereocenters. The molecule has 2 aliphatic rings. The summed E-state index contributed by atoms with van der Waals surface area (Å²) in [6, 6.07) is 0. The summed E-state index contributed by atoms with van der Waals surface area (Å²) in [5.74, 6) is 0. The zero-order chi connectivity index (χ0) is 7.52. The fourth-order valence-electron chi connectivity index (χ4n) is 1.99. The minimum atomic E-state index is 1.19. The standard InChI is InChI=1S/C9H17N2/c1-2-6-10(7-3-1)11-8-4-5-9-11/h4H,1-3,5-9H2. The maximum Gasteiger partial charge on any atom is 0.0165 e. The van der Waals surface area contributed by atoms with Crippen molar-refractivity contribution in [1.29, 1.82) is 0 Å². The fraction of sp³-hybridized carbons (Fsp3) is 0.889. The number of hydrogen-bond donors (Lipinski definition) is 0. The van der Waals surface area contributed by atoms with Crippen molar-refractivity contribution in [2.75, 3.05) is 26.2 Å². The van der Waals surface area contributed by atoms with E-state index >= 15 is 0 Å². The lowest BCUT2D eigenvalue weighted by molar-refractivity contribution is -0.0166. The molecule has 2 aliphatic heterocycles. The lowest BCUT2D eigenvalue weighted by atomic mass is 10.2.